The summed E-state index contributed by atoms with van der Waals surface area (Å²) < 4.78 is 5.98. The molecule has 3 aromatic carbocycles. The molecule has 2 N–H and O–H groups in total. The Morgan fingerprint density at radius 1 is 0.727 bits per heavy atom. The average Bonchev–Trinajstić information content (AvgIpc) is 2.52. The topological polar surface area (TPSA) is 35.2 Å². The van der Waals surface area contributed by atoms with Gasteiger partial charge in [-0.2, -0.15) is 0 Å². The van der Waals surface area contributed by atoms with E-state index in [0.29, 0.717) is 0 Å². The third-order valence-electron chi connectivity index (χ3n) is 3.32. The minimum absolute atomic E-state index is 0. The molecule has 2 nitrogen and oxygen atoms in total. The molecule has 3 heteroatoms. The van der Waals surface area contributed by atoms with Crippen LogP contribution in [0.2, 0.25) is 0 Å². The molecule has 0 aromatic heterocycles. The fourth-order valence-corrected chi connectivity index (χ4v) is 2.23. The summed E-state index contributed by atoms with van der Waals surface area (Å²) in [5.41, 5.74) is 8.87. The number of anilines is 1. The molecule has 3 aromatic rings. The van der Waals surface area contributed by atoms with E-state index in [-0.39, 0.29) is 12.4 Å². The Balaban J connectivity index is 0.00000176. The van der Waals surface area contributed by atoms with E-state index < -0.39 is 0 Å². The van der Waals surface area contributed by atoms with Crippen LogP contribution in [-0.2, 0) is 6.42 Å². The van der Waals surface area contributed by atoms with E-state index in [9.17, 15) is 0 Å². The predicted octanol–water partition coefficient (Wildman–Crippen LogP) is 5.07. The van der Waals surface area contributed by atoms with Crippen LogP contribution in [0.5, 0.6) is 11.5 Å². The number of ether oxygens (including phenoxy) is 1. The maximum Gasteiger partial charge on any atom is 0.130 e. The molecule has 0 saturated heterocycles. The van der Waals surface area contributed by atoms with Gasteiger partial charge in [0, 0.05) is 12.1 Å². The molecule has 22 heavy (non-hydrogen) atoms. The third kappa shape index (κ3) is 4.03. The number of benzene rings is 3. The van der Waals surface area contributed by atoms with Gasteiger partial charge in [0.05, 0.1) is 0 Å². The van der Waals surface area contributed by atoms with Crippen molar-refractivity contribution in [1.82, 2.24) is 0 Å². The van der Waals surface area contributed by atoms with Crippen molar-refractivity contribution in [3.63, 3.8) is 0 Å². The van der Waals surface area contributed by atoms with E-state index in [2.05, 4.69) is 30.3 Å². The Hall–Kier alpha value is -2.45. The lowest BCUT2D eigenvalue weighted by Gasteiger charge is -2.11. The van der Waals surface area contributed by atoms with Crippen LogP contribution in [0.1, 0.15) is 11.1 Å². The van der Waals surface area contributed by atoms with Gasteiger partial charge in [-0.1, -0.05) is 48.5 Å². The number of nitrogen functional groups attached to an aromatic ring is 1. The molecule has 112 valence electrons. The first kappa shape index (κ1) is 15.9. The zero-order valence-electron chi connectivity index (χ0n) is 12.1. The van der Waals surface area contributed by atoms with E-state index in [4.69, 9.17) is 10.5 Å². The Morgan fingerprint density at radius 2 is 1.36 bits per heavy atom. The second kappa shape index (κ2) is 7.53. The van der Waals surface area contributed by atoms with Crippen LogP contribution in [0, 0.1) is 0 Å². The fourth-order valence-electron chi connectivity index (χ4n) is 2.23. The summed E-state index contributed by atoms with van der Waals surface area (Å²) in [5.74, 6) is 1.68. The van der Waals surface area contributed by atoms with Crippen LogP contribution in [0.4, 0.5) is 5.69 Å². The molecule has 0 radical (unpaired) electrons. The maximum atomic E-state index is 5.98. The molecular formula is C19H18ClNO. The molecule has 0 saturated carbocycles. The minimum atomic E-state index is 0. The molecule has 0 aliphatic rings. The Kier molecular flexibility index (Phi) is 5.45. The van der Waals surface area contributed by atoms with Crippen LogP contribution >= 0.6 is 12.4 Å². The summed E-state index contributed by atoms with van der Waals surface area (Å²) in [6.45, 7) is 0. The van der Waals surface area contributed by atoms with Crippen molar-refractivity contribution in [2.45, 2.75) is 6.42 Å². The van der Waals surface area contributed by atoms with Crippen molar-refractivity contribution in [3.8, 4) is 11.5 Å². The van der Waals surface area contributed by atoms with E-state index in [1.807, 2.05) is 48.5 Å². The molecule has 0 aliphatic heterocycles. The lowest BCUT2D eigenvalue weighted by atomic mass is 10.0. The number of nitrogens with two attached hydrogens (primary N) is 1. The summed E-state index contributed by atoms with van der Waals surface area (Å²) in [6.07, 6.45) is 0.853. The number of para-hydroxylation sites is 1. The van der Waals surface area contributed by atoms with Crippen molar-refractivity contribution in [2.75, 3.05) is 5.73 Å². The maximum absolute atomic E-state index is 5.98. The van der Waals surface area contributed by atoms with E-state index in [1.165, 1.54) is 11.1 Å². The minimum Gasteiger partial charge on any atom is -0.457 e. The lowest BCUT2D eigenvalue weighted by molar-refractivity contribution is 0.477. The summed E-state index contributed by atoms with van der Waals surface area (Å²) in [4.78, 5) is 0. The van der Waals surface area contributed by atoms with Crippen LogP contribution in [0.25, 0.3) is 0 Å². The zero-order valence-corrected chi connectivity index (χ0v) is 12.9. The highest BCUT2D eigenvalue weighted by Crippen LogP contribution is 2.27. The van der Waals surface area contributed by atoms with E-state index in [0.717, 1.165) is 23.6 Å². The highest BCUT2D eigenvalue weighted by atomic mass is 35.5. The van der Waals surface area contributed by atoms with Crippen LogP contribution in [0.3, 0.4) is 0 Å². The SMILES string of the molecule is Cl.Nc1ccc(Oc2ccccc2Cc2ccccc2)cc1. The normalized spacial score (nSPS) is 9.82. The third-order valence-corrected chi connectivity index (χ3v) is 3.32. The van der Waals surface area contributed by atoms with Crippen molar-refractivity contribution in [1.29, 1.82) is 0 Å². The second-order valence-corrected chi connectivity index (χ2v) is 4.94. The van der Waals surface area contributed by atoms with Gasteiger partial charge in [-0.3, -0.25) is 0 Å². The van der Waals surface area contributed by atoms with Crippen LogP contribution in [0.15, 0.2) is 78.9 Å². The highest BCUT2D eigenvalue weighted by Gasteiger charge is 2.05. The molecule has 0 fully saturated rings. The van der Waals surface area contributed by atoms with Crippen LogP contribution in [-0.4, -0.2) is 0 Å². The summed E-state index contributed by atoms with van der Waals surface area (Å²) >= 11 is 0. The van der Waals surface area contributed by atoms with Gasteiger partial charge in [0.2, 0.25) is 0 Å². The molecule has 3 rings (SSSR count). The number of halogens is 1. The number of rotatable bonds is 4. The van der Waals surface area contributed by atoms with Gasteiger partial charge in [0.15, 0.2) is 0 Å². The first-order chi connectivity index (χ1) is 10.3. The number of hydrogen-bond donors (Lipinski definition) is 1. The predicted molar refractivity (Wildman–Crippen MR) is 93.9 cm³/mol. The summed E-state index contributed by atoms with van der Waals surface area (Å²) in [6, 6.07) is 26.0. The van der Waals surface area contributed by atoms with Gasteiger partial charge in [0.1, 0.15) is 11.5 Å². The molecule has 0 atom stereocenters. The first-order valence-electron chi connectivity index (χ1n) is 6.96. The van der Waals surface area contributed by atoms with Crippen molar-refractivity contribution in [3.05, 3.63) is 90.0 Å². The molecule has 0 aliphatic carbocycles. The second-order valence-electron chi connectivity index (χ2n) is 4.94. The van der Waals surface area contributed by atoms with Gasteiger partial charge < -0.3 is 10.5 Å². The van der Waals surface area contributed by atoms with Gasteiger partial charge in [-0.15, -0.1) is 12.4 Å². The van der Waals surface area contributed by atoms with Gasteiger partial charge >= 0.3 is 0 Å². The first-order valence-corrected chi connectivity index (χ1v) is 6.96. The van der Waals surface area contributed by atoms with E-state index in [1.54, 1.807) is 0 Å². The summed E-state index contributed by atoms with van der Waals surface area (Å²) in [7, 11) is 0. The summed E-state index contributed by atoms with van der Waals surface area (Å²) in [5, 5.41) is 0. The quantitative estimate of drug-likeness (QED) is 0.682. The molecule has 0 heterocycles. The van der Waals surface area contributed by atoms with Gasteiger partial charge in [0.25, 0.3) is 0 Å². The lowest BCUT2D eigenvalue weighted by Crippen LogP contribution is -1.93. The molecule has 0 amide bonds. The monoisotopic (exact) mass is 311 g/mol. The van der Waals surface area contributed by atoms with Gasteiger partial charge in [-0.25, -0.2) is 0 Å². The van der Waals surface area contributed by atoms with Gasteiger partial charge in [-0.05, 0) is 41.5 Å². The molecule has 0 unspecified atom stereocenters. The van der Waals surface area contributed by atoms with Crippen molar-refractivity contribution in [2.24, 2.45) is 0 Å². The molecule has 0 spiro atoms. The average molecular weight is 312 g/mol. The standard InChI is InChI=1S/C19H17NO.ClH/c20-17-10-12-18(13-11-17)21-19-9-5-4-8-16(19)14-15-6-2-1-3-7-15;/h1-13H,14,20H2;1H. The van der Waals surface area contributed by atoms with Crippen molar-refractivity contribution >= 4 is 18.1 Å². The number of hydrogen-bond acceptors (Lipinski definition) is 2. The Bertz CT molecular complexity index is 711. The molecular weight excluding hydrogens is 294 g/mol. The highest BCUT2D eigenvalue weighted by molar-refractivity contribution is 5.85. The Morgan fingerprint density at radius 3 is 2.09 bits per heavy atom. The van der Waals surface area contributed by atoms with E-state index >= 15 is 0 Å². The Labute approximate surface area is 137 Å². The fraction of sp³-hybridized carbons (Fsp3) is 0.0526. The smallest absolute Gasteiger partial charge is 0.130 e. The largest absolute Gasteiger partial charge is 0.457 e. The van der Waals surface area contributed by atoms with Crippen LogP contribution < -0.4 is 10.5 Å². The zero-order chi connectivity index (χ0) is 14.5. The molecule has 0 bridgehead atoms. The van der Waals surface area contributed by atoms with Crippen molar-refractivity contribution < 1.29 is 4.74 Å².